The van der Waals surface area contributed by atoms with Crippen molar-refractivity contribution in [1.29, 1.82) is 0 Å². The van der Waals surface area contributed by atoms with E-state index in [1.54, 1.807) is 11.3 Å². The van der Waals surface area contributed by atoms with Gasteiger partial charge in [0.05, 0.1) is 6.10 Å². The third-order valence-corrected chi connectivity index (χ3v) is 2.76. The second-order valence-corrected chi connectivity index (χ2v) is 3.96. The molecule has 0 aliphatic carbocycles. The summed E-state index contributed by atoms with van der Waals surface area (Å²) in [5, 5.41) is 11.1. The Kier molecular flexibility index (Phi) is 1.94. The number of hydrogen-bond acceptors (Lipinski definition) is 3. The molecular formula is C8H11NOS. The van der Waals surface area contributed by atoms with Gasteiger partial charge in [0.15, 0.2) is 0 Å². The summed E-state index contributed by atoms with van der Waals surface area (Å²) in [4.78, 5) is 3.63. The van der Waals surface area contributed by atoms with Crippen LogP contribution >= 0.6 is 11.3 Å². The van der Waals surface area contributed by atoms with E-state index < -0.39 is 0 Å². The smallest absolute Gasteiger partial charge is 0.0794 e. The monoisotopic (exact) mass is 169 g/mol. The molecule has 1 aliphatic rings. The van der Waals surface area contributed by atoms with Crippen molar-refractivity contribution < 1.29 is 5.11 Å². The maximum atomic E-state index is 9.01. The van der Waals surface area contributed by atoms with Gasteiger partial charge in [0.1, 0.15) is 0 Å². The fourth-order valence-electron chi connectivity index (χ4n) is 1.29. The number of likely N-dealkylation sites (tertiary alicyclic amines) is 1. The van der Waals surface area contributed by atoms with Crippen molar-refractivity contribution in [3.8, 4) is 0 Å². The van der Waals surface area contributed by atoms with Crippen LogP contribution in [-0.2, 0) is 6.54 Å². The number of β-amino-alcohol motifs (C(OH)–C–C–N with tert-alkyl or cyclic N) is 1. The lowest BCUT2D eigenvalue weighted by atomic mass is 10.2. The van der Waals surface area contributed by atoms with Crippen LogP contribution in [0.25, 0.3) is 0 Å². The standard InChI is InChI=1S/C8H11NOS/c10-7-4-9(5-7)6-8-2-1-3-11-8/h1-3,7,10H,4-6H2. The molecular weight excluding hydrogens is 158 g/mol. The molecule has 1 aromatic heterocycles. The largest absolute Gasteiger partial charge is 0.390 e. The van der Waals surface area contributed by atoms with Gasteiger partial charge < -0.3 is 5.11 Å². The summed E-state index contributed by atoms with van der Waals surface area (Å²) in [6.45, 7) is 2.70. The van der Waals surface area contributed by atoms with Crippen molar-refractivity contribution in [3.63, 3.8) is 0 Å². The van der Waals surface area contributed by atoms with E-state index in [2.05, 4.69) is 22.4 Å². The Hall–Kier alpha value is -0.380. The summed E-state index contributed by atoms with van der Waals surface area (Å²) in [5.41, 5.74) is 0. The molecule has 0 spiro atoms. The van der Waals surface area contributed by atoms with Crippen molar-refractivity contribution in [1.82, 2.24) is 4.90 Å². The van der Waals surface area contributed by atoms with Gasteiger partial charge >= 0.3 is 0 Å². The third kappa shape index (κ3) is 1.61. The summed E-state index contributed by atoms with van der Waals surface area (Å²) in [5.74, 6) is 0. The Morgan fingerprint density at radius 1 is 1.64 bits per heavy atom. The molecule has 3 heteroatoms. The second-order valence-electron chi connectivity index (χ2n) is 2.93. The lowest BCUT2D eigenvalue weighted by Gasteiger charge is -2.35. The van der Waals surface area contributed by atoms with E-state index in [-0.39, 0.29) is 6.10 Å². The fourth-order valence-corrected chi connectivity index (χ4v) is 2.04. The van der Waals surface area contributed by atoms with E-state index in [0.717, 1.165) is 19.6 Å². The first-order chi connectivity index (χ1) is 5.34. The number of hydrogen-bond donors (Lipinski definition) is 1. The Morgan fingerprint density at radius 3 is 3.00 bits per heavy atom. The molecule has 1 saturated heterocycles. The molecule has 0 aromatic carbocycles. The average Bonchev–Trinajstić information content (AvgIpc) is 2.36. The van der Waals surface area contributed by atoms with Gasteiger partial charge in [-0.1, -0.05) is 6.07 Å². The molecule has 1 fully saturated rings. The molecule has 1 aromatic rings. The quantitative estimate of drug-likeness (QED) is 0.711. The van der Waals surface area contributed by atoms with Gasteiger partial charge in [-0.05, 0) is 11.4 Å². The Balaban J connectivity index is 1.84. The lowest BCUT2D eigenvalue weighted by molar-refractivity contribution is -0.00228. The van der Waals surface area contributed by atoms with Crippen LogP contribution < -0.4 is 0 Å². The van der Waals surface area contributed by atoms with Crippen LogP contribution in [0.1, 0.15) is 4.88 Å². The summed E-state index contributed by atoms with van der Waals surface area (Å²) < 4.78 is 0. The number of rotatable bonds is 2. The number of aliphatic hydroxyl groups excluding tert-OH is 1. The molecule has 1 aliphatic heterocycles. The zero-order valence-electron chi connectivity index (χ0n) is 6.23. The van der Waals surface area contributed by atoms with E-state index in [4.69, 9.17) is 5.11 Å². The zero-order chi connectivity index (χ0) is 7.68. The van der Waals surface area contributed by atoms with E-state index >= 15 is 0 Å². The van der Waals surface area contributed by atoms with Gasteiger partial charge in [0.25, 0.3) is 0 Å². The number of aliphatic hydroxyl groups is 1. The molecule has 0 amide bonds. The number of nitrogens with zero attached hydrogens (tertiary/aromatic N) is 1. The summed E-state index contributed by atoms with van der Waals surface area (Å²) in [6, 6.07) is 4.20. The molecule has 1 N–H and O–H groups in total. The van der Waals surface area contributed by atoms with Crippen LogP contribution in [0, 0.1) is 0 Å². The minimum Gasteiger partial charge on any atom is -0.390 e. The minimum absolute atomic E-state index is 0.0741. The van der Waals surface area contributed by atoms with Crippen LogP contribution in [0.3, 0.4) is 0 Å². The van der Waals surface area contributed by atoms with Crippen LogP contribution in [0.5, 0.6) is 0 Å². The van der Waals surface area contributed by atoms with Gasteiger partial charge in [0.2, 0.25) is 0 Å². The Morgan fingerprint density at radius 2 is 2.45 bits per heavy atom. The molecule has 0 atom stereocenters. The van der Waals surface area contributed by atoms with Crippen molar-refractivity contribution in [3.05, 3.63) is 22.4 Å². The van der Waals surface area contributed by atoms with Gasteiger partial charge in [0, 0.05) is 24.5 Å². The summed E-state index contributed by atoms with van der Waals surface area (Å²) in [7, 11) is 0. The Bertz CT molecular complexity index is 216. The highest BCUT2D eigenvalue weighted by Gasteiger charge is 2.23. The van der Waals surface area contributed by atoms with Crippen LogP contribution in [0.2, 0.25) is 0 Å². The van der Waals surface area contributed by atoms with Crippen molar-refractivity contribution >= 4 is 11.3 Å². The summed E-state index contributed by atoms with van der Waals surface area (Å²) in [6.07, 6.45) is -0.0741. The maximum Gasteiger partial charge on any atom is 0.0794 e. The van der Waals surface area contributed by atoms with Crippen LogP contribution in [0.4, 0.5) is 0 Å². The van der Waals surface area contributed by atoms with E-state index in [1.165, 1.54) is 4.88 Å². The third-order valence-electron chi connectivity index (χ3n) is 1.90. The molecule has 0 bridgehead atoms. The normalized spacial score (nSPS) is 20.1. The first-order valence-electron chi connectivity index (χ1n) is 3.77. The Labute approximate surface area is 70.1 Å². The average molecular weight is 169 g/mol. The van der Waals surface area contributed by atoms with Crippen LogP contribution in [0.15, 0.2) is 17.5 Å². The van der Waals surface area contributed by atoms with Gasteiger partial charge in [-0.25, -0.2) is 0 Å². The molecule has 0 saturated carbocycles. The lowest BCUT2D eigenvalue weighted by Crippen LogP contribution is -2.49. The van der Waals surface area contributed by atoms with Crippen molar-refractivity contribution in [2.45, 2.75) is 12.6 Å². The van der Waals surface area contributed by atoms with Crippen LogP contribution in [-0.4, -0.2) is 29.2 Å². The molecule has 0 unspecified atom stereocenters. The molecule has 2 heterocycles. The molecule has 60 valence electrons. The van der Waals surface area contributed by atoms with E-state index in [9.17, 15) is 0 Å². The van der Waals surface area contributed by atoms with Gasteiger partial charge in [-0.3, -0.25) is 4.90 Å². The minimum atomic E-state index is -0.0741. The molecule has 11 heavy (non-hydrogen) atoms. The van der Waals surface area contributed by atoms with E-state index in [1.807, 2.05) is 0 Å². The van der Waals surface area contributed by atoms with Crippen molar-refractivity contribution in [2.75, 3.05) is 13.1 Å². The van der Waals surface area contributed by atoms with Gasteiger partial charge in [-0.15, -0.1) is 11.3 Å². The van der Waals surface area contributed by atoms with E-state index in [0.29, 0.717) is 0 Å². The van der Waals surface area contributed by atoms with Gasteiger partial charge in [-0.2, -0.15) is 0 Å². The second kappa shape index (κ2) is 2.93. The number of thiophene rings is 1. The predicted octanol–water partition coefficient (Wildman–Crippen LogP) is 0.925. The SMILES string of the molecule is OC1CN(Cc2cccs2)C1. The molecule has 2 rings (SSSR count). The highest BCUT2D eigenvalue weighted by atomic mass is 32.1. The highest BCUT2D eigenvalue weighted by Crippen LogP contribution is 2.16. The topological polar surface area (TPSA) is 23.5 Å². The first-order valence-corrected chi connectivity index (χ1v) is 4.65. The molecule has 0 radical (unpaired) electrons. The zero-order valence-corrected chi connectivity index (χ0v) is 7.05. The summed E-state index contributed by atoms with van der Waals surface area (Å²) >= 11 is 1.78. The molecule has 2 nitrogen and oxygen atoms in total. The van der Waals surface area contributed by atoms with Crippen molar-refractivity contribution in [2.24, 2.45) is 0 Å². The first kappa shape index (κ1) is 7.28. The predicted molar refractivity (Wildman–Crippen MR) is 45.6 cm³/mol. The fraction of sp³-hybridized carbons (Fsp3) is 0.500. The maximum absolute atomic E-state index is 9.01. The highest BCUT2D eigenvalue weighted by molar-refractivity contribution is 7.09.